The Bertz CT molecular complexity index is 976. The lowest BCUT2D eigenvalue weighted by molar-refractivity contribution is 0.235. The molecular formula is C21H26N4OS. The van der Waals surface area contributed by atoms with E-state index in [2.05, 4.69) is 62.4 Å². The lowest BCUT2D eigenvalue weighted by Gasteiger charge is -2.24. The minimum Gasteiger partial charge on any atom is -0.497 e. The number of rotatable bonds is 4. The van der Waals surface area contributed by atoms with Crippen molar-refractivity contribution >= 4 is 28.9 Å². The molecule has 3 aromatic rings. The third-order valence-corrected chi connectivity index (χ3v) is 5.91. The average molecular weight is 383 g/mol. The number of anilines is 1. The van der Waals surface area contributed by atoms with Crippen LogP contribution in [-0.2, 0) is 13.7 Å². The van der Waals surface area contributed by atoms with Gasteiger partial charge in [0.2, 0.25) is 0 Å². The van der Waals surface area contributed by atoms with E-state index in [0.29, 0.717) is 0 Å². The van der Waals surface area contributed by atoms with Crippen molar-refractivity contribution < 1.29 is 4.74 Å². The van der Waals surface area contributed by atoms with Gasteiger partial charge in [0.15, 0.2) is 4.77 Å². The largest absolute Gasteiger partial charge is 0.497 e. The normalized spacial score (nSPS) is 15.9. The summed E-state index contributed by atoms with van der Waals surface area (Å²) < 4.78 is 10.5. The second-order valence-electron chi connectivity index (χ2n) is 7.06. The van der Waals surface area contributed by atoms with E-state index in [9.17, 15) is 0 Å². The standard InChI is InChI=1S/C21H26N4OS/c1-22-19-6-3-4-7-20(19)25(21(22)27)16-23-12-5-13-24(15-14-23)17-8-10-18(26-2)11-9-17/h3-4,6-11H,5,12-16H2,1-2H3. The molecule has 2 aromatic carbocycles. The highest BCUT2D eigenvalue weighted by Gasteiger charge is 2.17. The maximum absolute atomic E-state index is 5.70. The van der Waals surface area contributed by atoms with Crippen LogP contribution in [0.25, 0.3) is 11.0 Å². The van der Waals surface area contributed by atoms with Crippen molar-refractivity contribution in [1.29, 1.82) is 0 Å². The van der Waals surface area contributed by atoms with Gasteiger partial charge in [-0.2, -0.15) is 0 Å². The van der Waals surface area contributed by atoms with Gasteiger partial charge in [-0.15, -0.1) is 0 Å². The van der Waals surface area contributed by atoms with Gasteiger partial charge in [0.1, 0.15) is 5.75 Å². The Balaban J connectivity index is 1.49. The predicted octanol–water partition coefficient (Wildman–Crippen LogP) is 3.89. The third kappa shape index (κ3) is 3.59. The van der Waals surface area contributed by atoms with Crippen LogP contribution in [0.1, 0.15) is 6.42 Å². The average Bonchev–Trinajstić information content (AvgIpc) is 2.87. The van der Waals surface area contributed by atoms with Crippen molar-refractivity contribution in [2.45, 2.75) is 13.1 Å². The van der Waals surface area contributed by atoms with E-state index in [0.717, 1.165) is 49.8 Å². The molecule has 0 bridgehead atoms. The van der Waals surface area contributed by atoms with Crippen molar-refractivity contribution in [1.82, 2.24) is 14.0 Å². The highest BCUT2D eigenvalue weighted by atomic mass is 32.1. The van der Waals surface area contributed by atoms with Gasteiger partial charge in [0.25, 0.3) is 0 Å². The van der Waals surface area contributed by atoms with Gasteiger partial charge in [0, 0.05) is 38.9 Å². The summed E-state index contributed by atoms with van der Waals surface area (Å²) in [5.74, 6) is 0.903. The summed E-state index contributed by atoms with van der Waals surface area (Å²) in [4.78, 5) is 4.97. The Labute approximate surface area is 165 Å². The first-order valence-corrected chi connectivity index (χ1v) is 9.84. The summed E-state index contributed by atoms with van der Waals surface area (Å²) >= 11 is 5.70. The van der Waals surface area contributed by atoms with Gasteiger partial charge < -0.3 is 18.8 Å². The van der Waals surface area contributed by atoms with E-state index in [1.165, 1.54) is 16.7 Å². The summed E-state index contributed by atoms with van der Waals surface area (Å²) in [6.45, 7) is 5.04. The predicted molar refractivity (Wildman–Crippen MR) is 113 cm³/mol. The Hall–Kier alpha value is -2.31. The molecule has 1 aromatic heterocycles. The zero-order valence-corrected chi connectivity index (χ0v) is 16.8. The fourth-order valence-electron chi connectivity index (χ4n) is 3.86. The monoisotopic (exact) mass is 382 g/mol. The fraction of sp³-hybridized carbons (Fsp3) is 0.381. The topological polar surface area (TPSA) is 25.6 Å². The number of para-hydroxylation sites is 2. The first-order valence-electron chi connectivity index (χ1n) is 9.43. The van der Waals surface area contributed by atoms with Crippen LogP contribution < -0.4 is 9.64 Å². The molecule has 0 atom stereocenters. The maximum atomic E-state index is 5.70. The molecule has 6 heteroatoms. The minimum absolute atomic E-state index is 0.844. The highest BCUT2D eigenvalue weighted by Crippen LogP contribution is 2.22. The Kier molecular flexibility index (Phi) is 5.18. The fourth-order valence-corrected chi connectivity index (χ4v) is 4.12. The summed E-state index contributed by atoms with van der Waals surface area (Å²) in [6, 6.07) is 16.8. The van der Waals surface area contributed by atoms with E-state index in [4.69, 9.17) is 17.0 Å². The number of imidazole rings is 1. The van der Waals surface area contributed by atoms with Crippen LogP contribution >= 0.6 is 12.2 Å². The second-order valence-corrected chi connectivity index (χ2v) is 7.42. The molecule has 0 amide bonds. The van der Waals surface area contributed by atoms with E-state index in [1.807, 2.05) is 12.1 Å². The first-order chi connectivity index (χ1) is 13.2. The van der Waals surface area contributed by atoms with Crippen molar-refractivity contribution in [3.63, 3.8) is 0 Å². The van der Waals surface area contributed by atoms with Crippen molar-refractivity contribution in [2.24, 2.45) is 7.05 Å². The summed E-state index contributed by atoms with van der Waals surface area (Å²) in [5.41, 5.74) is 3.66. The van der Waals surface area contributed by atoms with Crippen LogP contribution in [0.3, 0.4) is 0 Å². The molecule has 0 unspecified atom stereocenters. The molecule has 0 spiro atoms. The van der Waals surface area contributed by atoms with E-state index in [-0.39, 0.29) is 0 Å². The summed E-state index contributed by atoms with van der Waals surface area (Å²) in [7, 11) is 3.76. The maximum Gasteiger partial charge on any atom is 0.181 e. The molecule has 1 saturated heterocycles. The van der Waals surface area contributed by atoms with Gasteiger partial charge in [-0.05, 0) is 55.0 Å². The lowest BCUT2D eigenvalue weighted by Crippen LogP contribution is -2.32. The molecule has 0 N–H and O–H groups in total. The molecular weight excluding hydrogens is 356 g/mol. The van der Waals surface area contributed by atoms with Crippen LogP contribution in [0.2, 0.25) is 0 Å². The number of hydrogen-bond donors (Lipinski definition) is 0. The molecule has 1 fully saturated rings. The Morgan fingerprint density at radius 1 is 0.926 bits per heavy atom. The number of fused-ring (bicyclic) bond motifs is 1. The van der Waals surface area contributed by atoms with Gasteiger partial charge in [-0.3, -0.25) is 4.90 Å². The Morgan fingerprint density at radius 2 is 1.67 bits per heavy atom. The lowest BCUT2D eigenvalue weighted by atomic mass is 10.2. The molecule has 0 aliphatic carbocycles. The van der Waals surface area contributed by atoms with Crippen molar-refractivity contribution in [2.75, 3.05) is 38.2 Å². The van der Waals surface area contributed by atoms with Gasteiger partial charge >= 0.3 is 0 Å². The molecule has 5 nitrogen and oxygen atoms in total. The molecule has 4 rings (SSSR count). The summed E-state index contributed by atoms with van der Waals surface area (Å²) in [5, 5.41) is 0. The van der Waals surface area contributed by atoms with Crippen molar-refractivity contribution in [3.8, 4) is 5.75 Å². The number of aromatic nitrogens is 2. The van der Waals surface area contributed by atoms with Crippen molar-refractivity contribution in [3.05, 3.63) is 53.3 Å². The molecule has 142 valence electrons. The minimum atomic E-state index is 0.844. The number of nitrogens with zero attached hydrogens (tertiary/aromatic N) is 4. The van der Waals surface area contributed by atoms with Crippen LogP contribution in [0.5, 0.6) is 5.75 Å². The first kappa shape index (κ1) is 18.1. The van der Waals surface area contributed by atoms with E-state index >= 15 is 0 Å². The number of ether oxygens (including phenoxy) is 1. The zero-order chi connectivity index (χ0) is 18.8. The zero-order valence-electron chi connectivity index (χ0n) is 16.0. The molecule has 0 saturated carbocycles. The Morgan fingerprint density at radius 3 is 2.41 bits per heavy atom. The second kappa shape index (κ2) is 7.74. The van der Waals surface area contributed by atoms with Crippen LogP contribution in [0, 0.1) is 4.77 Å². The number of aryl methyl sites for hydroxylation is 1. The van der Waals surface area contributed by atoms with Gasteiger partial charge in [0.05, 0.1) is 24.8 Å². The van der Waals surface area contributed by atoms with Crippen LogP contribution in [-0.4, -0.2) is 47.3 Å². The summed E-state index contributed by atoms with van der Waals surface area (Å²) in [6.07, 6.45) is 1.14. The van der Waals surface area contributed by atoms with Crippen LogP contribution in [0.4, 0.5) is 5.69 Å². The quantitative estimate of drug-likeness (QED) is 0.640. The molecule has 1 aliphatic heterocycles. The van der Waals surface area contributed by atoms with E-state index in [1.54, 1.807) is 7.11 Å². The smallest absolute Gasteiger partial charge is 0.181 e. The van der Waals surface area contributed by atoms with Crippen LogP contribution in [0.15, 0.2) is 48.5 Å². The highest BCUT2D eigenvalue weighted by molar-refractivity contribution is 7.71. The number of methoxy groups -OCH3 is 1. The third-order valence-electron chi connectivity index (χ3n) is 5.42. The van der Waals surface area contributed by atoms with E-state index < -0.39 is 0 Å². The SMILES string of the molecule is COc1ccc(N2CCCN(Cn3c(=S)n(C)c4ccccc43)CC2)cc1. The number of hydrogen-bond acceptors (Lipinski definition) is 4. The van der Waals surface area contributed by atoms with Gasteiger partial charge in [-0.25, -0.2) is 0 Å². The molecule has 1 aliphatic rings. The number of benzene rings is 2. The van der Waals surface area contributed by atoms with Gasteiger partial charge in [-0.1, -0.05) is 12.1 Å². The molecule has 0 radical (unpaired) electrons. The molecule has 2 heterocycles. The molecule has 27 heavy (non-hydrogen) atoms.